The monoisotopic (exact) mass is 180 g/mol. The Labute approximate surface area is 77.2 Å². The molecule has 0 aliphatic rings. The summed E-state index contributed by atoms with van der Waals surface area (Å²) in [5, 5.41) is 0. The molecular weight excluding hydrogens is 168 g/mol. The van der Waals surface area contributed by atoms with Crippen LogP contribution in [0.2, 0.25) is 0 Å². The van der Waals surface area contributed by atoms with Crippen molar-refractivity contribution in [2.75, 3.05) is 14.2 Å². The van der Waals surface area contributed by atoms with Crippen molar-refractivity contribution in [1.82, 2.24) is 9.97 Å². The van der Waals surface area contributed by atoms with E-state index in [1.807, 2.05) is 19.1 Å². The number of allylic oxidation sites excluding steroid dienone is 1. The molecule has 0 amide bonds. The predicted octanol–water partition coefficient (Wildman–Crippen LogP) is 1.53. The molecule has 0 saturated heterocycles. The number of methoxy groups -OCH3 is 2. The van der Waals surface area contributed by atoms with Crippen LogP contribution in [0, 0.1) is 0 Å². The molecular formula is C9H12N2O2. The first-order chi connectivity index (χ1) is 6.31. The lowest BCUT2D eigenvalue weighted by Gasteiger charge is -2.04. The Morgan fingerprint density at radius 3 is 2.62 bits per heavy atom. The highest BCUT2D eigenvalue weighted by Crippen LogP contribution is 2.17. The minimum atomic E-state index is 0.310. The number of rotatable bonds is 3. The molecule has 0 spiro atoms. The fourth-order valence-electron chi connectivity index (χ4n) is 0.916. The summed E-state index contributed by atoms with van der Waals surface area (Å²) in [6.07, 6.45) is 5.43. The van der Waals surface area contributed by atoms with Gasteiger partial charge in [-0.2, -0.15) is 4.98 Å². The summed E-state index contributed by atoms with van der Waals surface area (Å²) in [7, 11) is 3.08. The van der Waals surface area contributed by atoms with E-state index in [4.69, 9.17) is 9.47 Å². The van der Waals surface area contributed by atoms with E-state index in [0.717, 1.165) is 5.56 Å². The molecule has 1 rings (SSSR count). The van der Waals surface area contributed by atoms with Gasteiger partial charge in [-0.05, 0) is 6.92 Å². The maximum Gasteiger partial charge on any atom is 0.319 e. The SMILES string of the molecule is C/C=C/c1cnc(OC)nc1OC. The van der Waals surface area contributed by atoms with Gasteiger partial charge in [0.1, 0.15) is 0 Å². The lowest BCUT2D eigenvalue weighted by Crippen LogP contribution is -1.97. The molecule has 0 unspecified atom stereocenters. The molecule has 0 N–H and O–H groups in total. The van der Waals surface area contributed by atoms with E-state index in [0.29, 0.717) is 11.9 Å². The Morgan fingerprint density at radius 2 is 2.08 bits per heavy atom. The third-order valence-corrected chi connectivity index (χ3v) is 1.48. The lowest BCUT2D eigenvalue weighted by molar-refractivity contribution is 0.351. The van der Waals surface area contributed by atoms with Gasteiger partial charge in [0, 0.05) is 6.20 Å². The Kier molecular flexibility index (Phi) is 3.25. The van der Waals surface area contributed by atoms with Crippen molar-refractivity contribution >= 4 is 6.08 Å². The van der Waals surface area contributed by atoms with E-state index in [1.165, 1.54) is 7.11 Å². The van der Waals surface area contributed by atoms with Crippen molar-refractivity contribution in [3.05, 3.63) is 17.8 Å². The second-order valence-corrected chi connectivity index (χ2v) is 2.32. The van der Waals surface area contributed by atoms with Gasteiger partial charge in [0.2, 0.25) is 5.88 Å². The highest BCUT2D eigenvalue weighted by atomic mass is 16.5. The largest absolute Gasteiger partial charge is 0.480 e. The van der Waals surface area contributed by atoms with Crippen LogP contribution in [0.25, 0.3) is 6.08 Å². The summed E-state index contributed by atoms with van der Waals surface area (Å²) in [6, 6.07) is 0.310. The molecule has 0 bridgehead atoms. The van der Waals surface area contributed by atoms with Gasteiger partial charge in [0.05, 0.1) is 19.8 Å². The minimum absolute atomic E-state index is 0.310. The van der Waals surface area contributed by atoms with Crippen LogP contribution in [0.4, 0.5) is 0 Å². The minimum Gasteiger partial charge on any atom is -0.480 e. The molecule has 1 aromatic heterocycles. The van der Waals surface area contributed by atoms with Crippen molar-refractivity contribution in [2.45, 2.75) is 6.92 Å². The van der Waals surface area contributed by atoms with Gasteiger partial charge in [-0.3, -0.25) is 0 Å². The van der Waals surface area contributed by atoms with Crippen LogP contribution in [-0.4, -0.2) is 24.2 Å². The average Bonchev–Trinajstić information content (AvgIpc) is 2.19. The number of hydrogen-bond donors (Lipinski definition) is 0. The van der Waals surface area contributed by atoms with Crippen LogP contribution >= 0.6 is 0 Å². The van der Waals surface area contributed by atoms with Crippen molar-refractivity contribution < 1.29 is 9.47 Å². The van der Waals surface area contributed by atoms with E-state index >= 15 is 0 Å². The molecule has 1 aromatic rings. The molecule has 4 heteroatoms. The molecule has 1 heterocycles. The van der Waals surface area contributed by atoms with E-state index in [-0.39, 0.29) is 0 Å². The summed E-state index contributed by atoms with van der Waals surface area (Å²) in [4.78, 5) is 7.98. The second kappa shape index (κ2) is 4.45. The first kappa shape index (κ1) is 9.51. The highest BCUT2D eigenvalue weighted by molar-refractivity contribution is 5.53. The van der Waals surface area contributed by atoms with E-state index in [2.05, 4.69) is 9.97 Å². The van der Waals surface area contributed by atoms with Crippen molar-refractivity contribution in [3.8, 4) is 11.9 Å². The number of hydrogen-bond acceptors (Lipinski definition) is 4. The molecule has 70 valence electrons. The van der Waals surface area contributed by atoms with Crippen LogP contribution in [-0.2, 0) is 0 Å². The van der Waals surface area contributed by atoms with Gasteiger partial charge in [-0.15, -0.1) is 0 Å². The van der Waals surface area contributed by atoms with Gasteiger partial charge >= 0.3 is 6.01 Å². The molecule has 0 radical (unpaired) electrons. The maximum atomic E-state index is 5.06. The topological polar surface area (TPSA) is 44.2 Å². The quantitative estimate of drug-likeness (QED) is 0.707. The highest BCUT2D eigenvalue weighted by Gasteiger charge is 2.03. The van der Waals surface area contributed by atoms with Crippen molar-refractivity contribution in [3.63, 3.8) is 0 Å². The zero-order chi connectivity index (χ0) is 9.68. The zero-order valence-corrected chi connectivity index (χ0v) is 7.94. The van der Waals surface area contributed by atoms with Gasteiger partial charge in [-0.25, -0.2) is 4.98 Å². The molecule has 0 aromatic carbocycles. The molecule has 0 atom stereocenters. The second-order valence-electron chi connectivity index (χ2n) is 2.32. The van der Waals surface area contributed by atoms with Gasteiger partial charge < -0.3 is 9.47 Å². The van der Waals surface area contributed by atoms with Crippen LogP contribution in [0.3, 0.4) is 0 Å². The Hall–Kier alpha value is -1.58. The van der Waals surface area contributed by atoms with Gasteiger partial charge in [0.15, 0.2) is 0 Å². The van der Waals surface area contributed by atoms with Crippen LogP contribution in [0.15, 0.2) is 12.3 Å². The average molecular weight is 180 g/mol. The summed E-state index contributed by atoms with van der Waals surface area (Å²) in [5.74, 6) is 0.518. The fraction of sp³-hybridized carbons (Fsp3) is 0.333. The predicted molar refractivity (Wildman–Crippen MR) is 49.8 cm³/mol. The molecule has 13 heavy (non-hydrogen) atoms. The molecule has 4 nitrogen and oxygen atoms in total. The first-order valence-electron chi connectivity index (χ1n) is 3.89. The normalized spacial score (nSPS) is 10.4. The summed E-state index contributed by atoms with van der Waals surface area (Å²) >= 11 is 0. The van der Waals surface area contributed by atoms with Crippen LogP contribution in [0.5, 0.6) is 11.9 Å². The third kappa shape index (κ3) is 2.18. The smallest absolute Gasteiger partial charge is 0.319 e. The number of nitrogens with zero attached hydrogens (tertiary/aromatic N) is 2. The van der Waals surface area contributed by atoms with E-state index < -0.39 is 0 Å². The van der Waals surface area contributed by atoms with E-state index in [1.54, 1.807) is 13.3 Å². The fourth-order valence-corrected chi connectivity index (χ4v) is 0.916. The third-order valence-electron chi connectivity index (χ3n) is 1.48. The molecule has 0 saturated carbocycles. The van der Waals surface area contributed by atoms with Crippen molar-refractivity contribution in [1.29, 1.82) is 0 Å². The molecule has 0 aliphatic carbocycles. The summed E-state index contributed by atoms with van der Waals surface area (Å²) < 4.78 is 9.92. The molecule has 0 aliphatic heterocycles. The Balaban J connectivity index is 3.07. The number of aromatic nitrogens is 2. The standard InChI is InChI=1S/C9H12N2O2/c1-4-5-7-6-10-9(13-3)11-8(7)12-2/h4-6H,1-3H3/b5-4+. The summed E-state index contributed by atoms with van der Waals surface area (Å²) in [5.41, 5.74) is 0.839. The van der Waals surface area contributed by atoms with Gasteiger partial charge in [0.25, 0.3) is 0 Å². The summed E-state index contributed by atoms with van der Waals surface area (Å²) in [6.45, 7) is 1.92. The van der Waals surface area contributed by atoms with Crippen LogP contribution < -0.4 is 9.47 Å². The lowest BCUT2D eigenvalue weighted by atomic mass is 10.3. The number of ether oxygens (including phenoxy) is 2. The Morgan fingerprint density at radius 1 is 1.31 bits per heavy atom. The Bertz CT molecular complexity index is 310. The molecule has 0 fully saturated rings. The van der Waals surface area contributed by atoms with Crippen molar-refractivity contribution in [2.24, 2.45) is 0 Å². The first-order valence-corrected chi connectivity index (χ1v) is 3.89. The zero-order valence-electron chi connectivity index (χ0n) is 7.94. The van der Waals surface area contributed by atoms with Crippen LogP contribution in [0.1, 0.15) is 12.5 Å². The maximum absolute atomic E-state index is 5.06. The van der Waals surface area contributed by atoms with E-state index in [9.17, 15) is 0 Å². The van der Waals surface area contributed by atoms with Gasteiger partial charge in [-0.1, -0.05) is 12.2 Å².